The van der Waals surface area contributed by atoms with Gasteiger partial charge in [-0.05, 0) is 70.0 Å². The lowest BCUT2D eigenvalue weighted by molar-refractivity contribution is 0.0139. The number of rotatable bonds is 5. The molecule has 2 aliphatic heterocycles. The average Bonchev–Trinajstić information content (AvgIpc) is 2.87. The number of benzene rings is 2. The fraction of sp³-hybridized carbons (Fsp3) is 0.500. The molecule has 0 spiro atoms. The third-order valence-electron chi connectivity index (χ3n) is 6.45. The number of likely N-dealkylation sites (tertiary alicyclic amines) is 1. The lowest BCUT2D eigenvalue weighted by atomic mass is 9.99. The first-order valence-corrected chi connectivity index (χ1v) is 12.6. The van der Waals surface area contributed by atoms with E-state index in [0.29, 0.717) is 32.2 Å². The van der Waals surface area contributed by atoms with Crippen LogP contribution in [0.25, 0.3) is 0 Å². The zero-order valence-corrected chi connectivity index (χ0v) is 21.1. The van der Waals surface area contributed by atoms with Gasteiger partial charge >= 0.3 is 6.09 Å². The Labute approximate surface area is 208 Å². The predicted octanol–water partition coefficient (Wildman–Crippen LogP) is 4.67. The van der Waals surface area contributed by atoms with Crippen LogP contribution in [-0.2, 0) is 4.74 Å². The maximum absolute atomic E-state index is 12.7. The van der Waals surface area contributed by atoms with E-state index in [-0.39, 0.29) is 12.0 Å². The molecule has 0 aromatic heterocycles. The lowest BCUT2D eigenvalue weighted by Crippen LogP contribution is -2.48. The fourth-order valence-electron chi connectivity index (χ4n) is 4.59. The highest BCUT2D eigenvalue weighted by Crippen LogP contribution is 2.24. The first-order chi connectivity index (χ1) is 16.8. The van der Waals surface area contributed by atoms with Crippen molar-refractivity contribution in [3.8, 4) is 5.75 Å². The molecule has 2 aromatic rings. The molecular formula is C28H37N3O4. The Morgan fingerprint density at radius 2 is 1.57 bits per heavy atom. The van der Waals surface area contributed by atoms with Crippen LogP contribution in [0.1, 0.15) is 44.0 Å². The Hall–Kier alpha value is -3.22. The van der Waals surface area contributed by atoms with Crippen molar-refractivity contribution < 1.29 is 19.1 Å². The summed E-state index contributed by atoms with van der Waals surface area (Å²) in [5.74, 6) is 1.23. The largest absolute Gasteiger partial charge is 0.493 e. The number of carbonyl (C=O) groups excluding carboxylic acids is 2. The minimum atomic E-state index is -0.480. The molecule has 1 atom stereocenters. The second-order valence-corrected chi connectivity index (χ2v) is 10.4. The molecule has 188 valence electrons. The SMILES string of the molecule is CC(C)(C)OC(=O)N1CCC[C@H](COc2ccc(N3CCN(C(=O)c4ccccc4)CC3)cc2)C1. The Morgan fingerprint density at radius 3 is 2.23 bits per heavy atom. The number of nitrogens with zero attached hydrogens (tertiary/aromatic N) is 3. The van der Waals surface area contributed by atoms with E-state index in [1.54, 1.807) is 4.90 Å². The smallest absolute Gasteiger partial charge is 0.410 e. The fourth-order valence-corrected chi connectivity index (χ4v) is 4.59. The van der Waals surface area contributed by atoms with E-state index in [1.165, 1.54) is 0 Å². The maximum Gasteiger partial charge on any atom is 0.410 e. The molecule has 0 radical (unpaired) electrons. The molecule has 0 N–H and O–H groups in total. The second kappa shape index (κ2) is 11.0. The van der Waals surface area contributed by atoms with Gasteiger partial charge in [-0.25, -0.2) is 4.79 Å². The normalized spacial score (nSPS) is 18.8. The quantitative estimate of drug-likeness (QED) is 0.623. The van der Waals surface area contributed by atoms with Crippen molar-refractivity contribution >= 4 is 17.7 Å². The van der Waals surface area contributed by atoms with Crippen LogP contribution in [0.15, 0.2) is 54.6 Å². The number of piperazine rings is 1. The summed E-state index contributed by atoms with van der Waals surface area (Å²) in [6.07, 6.45) is 1.77. The van der Waals surface area contributed by atoms with E-state index >= 15 is 0 Å². The van der Waals surface area contributed by atoms with Gasteiger partial charge in [0, 0.05) is 56.4 Å². The summed E-state index contributed by atoms with van der Waals surface area (Å²) < 4.78 is 11.6. The zero-order valence-electron chi connectivity index (χ0n) is 21.1. The average molecular weight is 480 g/mol. The summed E-state index contributed by atoms with van der Waals surface area (Å²) in [5, 5.41) is 0. The Bertz CT molecular complexity index is 980. The van der Waals surface area contributed by atoms with E-state index in [9.17, 15) is 9.59 Å². The van der Waals surface area contributed by atoms with E-state index in [2.05, 4.69) is 17.0 Å². The van der Waals surface area contributed by atoms with E-state index < -0.39 is 5.60 Å². The molecule has 2 fully saturated rings. The van der Waals surface area contributed by atoms with Gasteiger partial charge in [0.1, 0.15) is 11.4 Å². The van der Waals surface area contributed by atoms with Crippen molar-refractivity contribution in [3.63, 3.8) is 0 Å². The number of ether oxygens (including phenoxy) is 2. The summed E-state index contributed by atoms with van der Waals surface area (Å²) in [7, 11) is 0. The highest BCUT2D eigenvalue weighted by atomic mass is 16.6. The topological polar surface area (TPSA) is 62.3 Å². The van der Waals surface area contributed by atoms with Crippen LogP contribution in [0, 0.1) is 5.92 Å². The monoisotopic (exact) mass is 479 g/mol. The number of amides is 2. The zero-order chi connectivity index (χ0) is 24.8. The van der Waals surface area contributed by atoms with Gasteiger partial charge in [-0.2, -0.15) is 0 Å². The van der Waals surface area contributed by atoms with Gasteiger partial charge in [0.25, 0.3) is 5.91 Å². The number of hydrogen-bond acceptors (Lipinski definition) is 5. The van der Waals surface area contributed by atoms with Crippen LogP contribution in [0.3, 0.4) is 0 Å². The summed E-state index contributed by atoms with van der Waals surface area (Å²) in [4.78, 5) is 31.1. The van der Waals surface area contributed by atoms with Gasteiger partial charge in [0.05, 0.1) is 6.61 Å². The summed E-state index contributed by atoms with van der Waals surface area (Å²) in [6, 6.07) is 17.6. The number of hydrogen-bond donors (Lipinski definition) is 0. The van der Waals surface area contributed by atoms with Gasteiger partial charge in [0.15, 0.2) is 0 Å². The molecule has 0 bridgehead atoms. The molecule has 4 rings (SSSR count). The number of carbonyl (C=O) groups is 2. The molecule has 2 saturated heterocycles. The van der Waals surface area contributed by atoms with Crippen molar-refractivity contribution in [2.75, 3.05) is 50.8 Å². The van der Waals surface area contributed by atoms with E-state index in [0.717, 1.165) is 49.5 Å². The highest BCUT2D eigenvalue weighted by molar-refractivity contribution is 5.94. The van der Waals surface area contributed by atoms with Crippen molar-refractivity contribution in [1.82, 2.24) is 9.80 Å². The van der Waals surface area contributed by atoms with Gasteiger partial charge in [-0.3, -0.25) is 4.79 Å². The summed E-state index contributed by atoms with van der Waals surface area (Å²) >= 11 is 0. The summed E-state index contributed by atoms with van der Waals surface area (Å²) in [5.41, 5.74) is 1.40. The van der Waals surface area contributed by atoms with E-state index in [1.807, 2.05) is 68.1 Å². The van der Waals surface area contributed by atoms with Crippen LogP contribution in [0.5, 0.6) is 5.75 Å². The molecule has 7 heteroatoms. The molecule has 0 saturated carbocycles. The van der Waals surface area contributed by atoms with Gasteiger partial charge in [-0.15, -0.1) is 0 Å². The van der Waals surface area contributed by atoms with Gasteiger partial charge in [0.2, 0.25) is 0 Å². The molecule has 2 aromatic carbocycles. The Kier molecular flexibility index (Phi) is 7.83. The van der Waals surface area contributed by atoms with E-state index in [4.69, 9.17) is 9.47 Å². The Morgan fingerprint density at radius 1 is 0.886 bits per heavy atom. The van der Waals surface area contributed by atoms with Crippen LogP contribution < -0.4 is 9.64 Å². The first-order valence-electron chi connectivity index (χ1n) is 12.6. The molecule has 0 aliphatic carbocycles. The van der Waals surface area contributed by atoms with Crippen LogP contribution in [0.4, 0.5) is 10.5 Å². The second-order valence-electron chi connectivity index (χ2n) is 10.4. The predicted molar refractivity (Wildman–Crippen MR) is 137 cm³/mol. The van der Waals surface area contributed by atoms with Crippen molar-refractivity contribution in [2.24, 2.45) is 5.92 Å². The van der Waals surface area contributed by atoms with Crippen molar-refractivity contribution in [3.05, 3.63) is 60.2 Å². The van der Waals surface area contributed by atoms with Crippen molar-refractivity contribution in [2.45, 2.75) is 39.2 Å². The summed E-state index contributed by atoms with van der Waals surface area (Å²) in [6.45, 7) is 10.7. The third kappa shape index (κ3) is 6.90. The molecule has 0 unspecified atom stereocenters. The molecule has 2 aliphatic rings. The van der Waals surface area contributed by atoms with Crippen LogP contribution in [-0.4, -0.2) is 73.3 Å². The Balaban J connectivity index is 1.23. The van der Waals surface area contributed by atoms with Crippen molar-refractivity contribution in [1.29, 1.82) is 0 Å². The lowest BCUT2D eigenvalue weighted by Gasteiger charge is -2.36. The minimum Gasteiger partial charge on any atom is -0.493 e. The molecule has 7 nitrogen and oxygen atoms in total. The third-order valence-corrected chi connectivity index (χ3v) is 6.45. The molecule has 2 amide bonds. The van der Waals surface area contributed by atoms with Gasteiger partial charge in [-0.1, -0.05) is 18.2 Å². The molecule has 2 heterocycles. The van der Waals surface area contributed by atoms with Crippen LogP contribution in [0.2, 0.25) is 0 Å². The first kappa shape index (κ1) is 24.9. The van der Waals surface area contributed by atoms with Crippen LogP contribution >= 0.6 is 0 Å². The maximum atomic E-state index is 12.7. The minimum absolute atomic E-state index is 0.0990. The number of anilines is 1. The van der Waals surface area contributed by atoms with Gasteiger partial charge < -0.3 is 24.2 Å². The molecular weight excluding hydrogens is 442 g/mol. The highest BCUT2D eigenvalue weighted by Gasteiger charge is 2.28. The standard InChI is InChI=1S/C28H37N3O4/c1-28(2,3)35-27(33)31-15-7-8-22(20-31)21-34-25-13-11-24(12-14-25)29-16-18-30(19-17-29)26(32)23-9-5-4-6-10-23/h4-6,9-14,22H,7-8,15-21H2,1-3H3/t22-/m0/s1. The number of piperidine rings is 1. The molecule has 35 heavy (non-hydrogen) atoms.